The molecule has 3 N–H and O–H groups in total. The topological polar surface area (TPSA) is 46.2 Å². The highest BCUT2D eigenvalue weighted by molar-refractivity contribution is 14.1. The van der Waals surface area contributed by atoms with Crippen LogP contribution in [0.25, 0.3) is 0 Å². The molecule has 0 unspecified atom stereocenters. The standard InChI is InChI=1S/C10H14INO/c1-2-9(13)10(12)7-4-3-5-8(11)6-7/h3-6,9-10,13H,2,12H2,1H3/t9-,10+/m0/s1. The Morgan fingerprint density at radius 3 is 2.77 bits per heavy atom. The van der Waals surface area contributed by atoms with Crippen LogP contribution in [0.3, 0.4) is 0 Å². The second kappa shape index (κ2) is 4.93. The summed E-state index contributed by atoms with van der Waals surface area (Å²) in [6, 6.07) is 7.66. The number of hydrogen-bond donors (Lipinski definition) is 2. The molecule has 0 spiro atoms. The highest BCUT2D eigenvalue weighted by Gasteiger charge is 2.14. The van der Waals surface area contributed by atoms with Gasteiger partial charge < -0.3 is 10.8 Å². The molecule has 0 aliphatic heterocycles. The summed E-state index contributed by atoms with van der Waals surface area (Å²) in [4.78, 5) is 0. The van der Waals surface area contributed by atoms with Crippen molar-refractivity contribution in [2.24, 2.45) is 5.73 Å². The summed E-state index contributed by atoms with van der Waals surface area (Å²) >= 11 is 2.24. The first-order valence-corrected chi connectivity index (χ1v) is 5.42. The number of rotatable bonds is 3. The number of benzene rings is 1. The van der Waals surface area contributed by atoms with Crippen molar-refractivity contribution in [3.05, 3.63) is 33.4 Å². The zero-order valence-corrected chi connectivity index (χ0v) is 9.73. The Hall–Kier alpha value is -0.130. The van der Waals surface area contributed by atoms with Gasteiger partial charge in [0.1, 0.15) is 0 Å². The van der Waals surface area contributed by atoms with Gasteiger partial charge in [0.05, 0.1) is 12.1 Å². The van der Waals surface area contributed by atoms with Crippen molar-refractivity contribution in [1.82, 2.24) is 0 Å². The van der Waals surface area contributed by atoms with E-state index in [1.54, 1.807) is 0 Å². The normalized spacial score (nSPS) is 15.4. The number of nitrogens with two attached hydrogens (primary N) is 1. The van der Waals surface area contributed by atoms with E-state index in [0.29, 0.717) is 6.42 Å². The molecule has 0 aromatic heterocycles. The fraction of sp³-hybridized carbons (Fsp3) is 0.400. The van der Waals surface area contributed by atoms with Crippen molar-refractivity contribution < 1.29 is 5.11 Å². The molecule has 0 saturated heterocycles. The maximum atomic E-state index is 9.54. The maximum absolute atomic E-state index is 9.54. The molecule has 0 saturated carbocycles. The van der Waals surface area contributed by atoms with E-state index in [4.69, 9.17) is 5.73 Å². The minimum atomic E-state index is -0.446. The molecule has 0 aliphatic rings. The molecule has 2 nitrogen and oxygen atoms in total. The predicted octanol–water partition coefficient (Wildman–Crippen LogP) is 2.06. The lowest BCUT2D eigenvalue weighted by Gasteiger charge is -2.17. The predicted molar refractivity (Wildman–Crippen MR) is 62.4 cm³/mol. The minimum absolute atomic E-state index is 0.264. The number of aliphatic hydroxyl groups excluding tert-OH is 1. The summed E-state index contributed by atoms with van der Waals surface area (Å²) in [6.45, 7) is 1.93. The van der Waals surface area contributed by atoms with Crippen LogP contribution in [0.5, 0.6) is 0 Å². The van der Waals surface area contributed by atoms with Crippen molar-refractivity contribution in [3.8, 4) is 0 Å². The molecule has 2 atom stereocenters. The van der Waals surface area contributed by atoms with Gasteiger partial charge in [-0.2, -0.15) is 0 Å². The fourth-order valence-corrected chi connectivity index (χ4v) is 1.76. The first-order chi connectivity index (χ1) is 6.15. The van der Waals surface area contributed by atoms with E-state index >= 15 is 0 Å². The summed E-state index contributed by atoms with van der Waals surface area (Å²) in [6.07, 6.45) is 0.241. The summed E-state index contributed by atoms with van der Waals surface area (Å²) in [5.74, 6) is 0. The van der Waals surface area contributed by atoms with Crippen molar-refractivity contribution in [3.63, 3.8) is 0 Å². The smallest absolute Gasteiger partial charge is 0.0730 e. The van der Waals surface area contributed by atoms with Crippen molar-refractivity contribution in [2.75, 3.05) is 0 Å². The van der Waals surface area contributed by atoms with Crippen molar-refractivity contribution in [1.29, 1.82) is 0 Å². The average Bonchev–Trinajstić information content (AvgIpc) is 2.15. The van der Waals surface area contributed by atoms with Crippen LogP contribution in [0.2, 0.25) is 0 Å². The lowest BCUT2D eigenvalue weighted by Crippen LogP contribution is -2.25. The molecule has 1 rings (SSSR count). The molecule has 72 valence electrons. The summed E-state index contributed by atoms with van der Waals surface area (Å²) in [7, 11) is 0. The van der Waals surface area contributed by atoms with Crippen LogP contribution in [0.4, 0.5) is 0 Å². The minimum Gasteiger partial charge on any atom is -0.391 e. The SMILES string of the molecule is CC[C@H](O)[C@H](N)c1cccc(I)c1. The van der Waals surface area contributed by atoms with Gasteiger partial charge >= 0.3 is 0 Å². The van der Waals surface area contributed by atoms with E-state index in [0.717, 1.165) is 9.13 Å². The van der Waals surface area contributed by atoms with Crippen LogP contribution in [-0.2, 0) is 0 Å². The van der Waals surface area contributed by atoms with Crippen molar-refractivity contribution in [2.45, 2.75) is 25.5 Å². The van der Waals surface area contributed by atoms with E-state index in [9.17, 15) is 5.11 Å². The van der Waals surface area contributed by atoms with Gasteiger partial charge in [0, 0.05) is 3.57 Å². The molecule has 1 aromatic carbocycles. The summed E-state index contributed by atoms with van der Waals surface area (Å²) in [5, 5.41) is 9.54. The van der Waals surface area contributed by atoms with Crippen molar-refractivity contribution >= 4 is 22.6 Å². The van der Waals surface area contributed by atoms with Gasteiger partial charge in [-0.1, -0.05) is 19.1 Å². The lowest BCUT2D eigenvalue weighted by molar-refractivity contribution is 0.140. The van der Waals surface area contributed by atoms with E-state index in [1.807, 2.05) is 31.2 Å². The van der Waals surface area contributed by atoms with Crippen LogP contribution in [-0.4, -0.2) is 11.2 Å². The van der Waals surface area contributed by atoms with Gasteiger partial charge in [0.2, 0.25) is 0 Å². The van der Waals surface area contributed by atoms with Crippen LogP contribution in [0, 0.1) is 3.57 Å². The van der Waals surface area contributed by atoms with E-state index in [-0.39, 0.29) is 6.04 Å². The van der Waals surface area contributed by atoms with Gasteiger partial charge in [0.25, 0.3) is 0 Å². The van der Waals surface area contributed by atoms with Gasteiger partial charge in [0.15, 0.2) is 0 Å². The second-order valence-corrected chi connectivity index (χ2v) is 4.30. The second-order valence-electron chi connectivity index (χ2n) is 3.06. The highest BCUT2D eigenvalue weighted by atomic mass is 127. The molecule has 13 heavy (non-hydrogen) atoms. The van der Waals surface area contributed by atoms with Crippen LogP contribution < -0.4 is 5.73 Å². The zero-order chi connectivity index (χ0) is 9.84. The quantitative estimate of drug-likeness (QED) is 0.837. The Morgan fingerprint density at radius 1 is 1.54 bits per heavy atom. The molecule has 3 heteroatoms. The monoisotopic (exact) mass is 291 g/mol. The Bertz CT molecular complexity index is 277. The Balaban J connectivity index is 2.82. The van der Waals surface area contributed by atoms with Gasteiger partial charge in [-0.25, -0.2) is 0 Å². The van der Waals surface area contributed by atoms with Gasteiger partial charge in [-0.3, -0.25) is 0 Å². The van der Waals surface area contributed by atoms with Gasteiger partial charge in [-0.05, 0) is 46.7 Å². The molecule has 0 heterocycles. The number of halogens is 1. The molecule has 1 aromatic rings. The van der Waals surface area contributed by atoms with Crippen LogP contribution in [0.1, 0.15) is 24.9 Å². The Labute approximate surface area is 92.3 Å². The number of aliphatic hydroxyl groups is 1. The fourth-order valence-electron chi connectivity index (χ4n) is 1.19. The third kappa shape index (κ3) is 2.93. The molecule has 0 amide bonds. The summed E-state index contributed by atoms with van der Waals surface area (Å²) in [5.41, 5.74) is 6.87. The molecule has 0 bridgehead atoms. The van der Waals surface area contributed by atoms with E-state index in [2.05, 4.69) is 22.6 Å². The van der Waals surface area contributed by atoms with E-state index in [1.165, 1.54) is 0 Å². The molecule has 0 aliphatic carbocycles. The number of hydrogen-bond acceptors (Lipinski definition) is 2. The lowest BCUT2D eigenvalue weighted by atomic mass is 10.0. The zero-order valence-electron chi connectivity index (χ0n) is 7.57. The average molecular weight is 291 g/mol. The molecular weight excluding hydrogens is 277 g/mol. The Morgan fingerprint density at radius 2 is 2.23 bits per heavy atom. The highest BCUT2D eigenvalue weighted by Crippen LogP contribution is 2.18. The first-order valence-electron chi connectivity index (χ1n) is 4.34. The maximum Gasteiger partial charge on any atom is 0.0730 e. The molecule has 0 radical (unpaired) electrons. The van der Waals surface area contributed by atoms with Crippen LogP contribution in [0.15, 0.2) is 24.3 Å². The third-order valence-electron chi connectivity index (χ3n) is 2.07. The molecule has 0 fully saturated rings. The Kier molecular flexibility index (Phi) is 4.15. The van der Waals surface area contributed by atoms with Gasteiger partial charge in [-0.15, -0.1) is 0 Å². The first kappa shape index (κ1) is 10.9. The summed E-state index contributed by atoms with van der Waals surface area (Å²) < 4.78 is 1.15. The van der Waals surface area contributed by atoms with E-state index < -0.39 is 6.10 Å². The third-order valence-corrected chi connectivity index (χ3v) is 2.74. The van der Waals surface area contributed by atoms with Crippen LogP contribution >= 0.6 is 22.6 Å². The molecular formula is C10H14INO. The largest absolute Gasteiger partial charge is 0.391 e.